The lowest BCUT2D eigenvalue weighted by molar-refractivity contribution is -0.597. The molecular weight excluding hydrogens is 447 g/mol. The number of aryl methyl sites for hydroxylation is 2. The highest BCUT2D eigenvalue weighted by Gasteiger charge is 2.13. The van der Waals surface area contributed by atoms with E-state index >= 15 is 0 Å². The molecule has 0 aliphatic carbocycles. The zero-order chi connectivity index (χ0) is 18.3. The Hall–Kier alpha value is -1.70. The molecule has 25 heavy (non-hydrogen) atoms. The predicted octanol–water partition coefficient (Wildman–Crippen LogP) is 1.02. The Morgan fingerprint density at radius 2 is 1.32 bits per heavy atom. The predicted molar refractivity (Wildman–Crippen MR) is 94.2 cm³/mol. The van der Waals surface area contributed by atoms with Gasteiger partial charge in [0.25, 0.3) is 0 Å². The third-order valence-corrected chi connectivity index (χ3v) is 6.73. The summed E-state index contributed by atoms with van der Waals surface area (Å²) in [6.45, 7) is 3.97. The molecule has 0 radical (unpaired) electrons. The van der Waals surface area contributed by atoms with Gasteiger partial charge in [0.05, 0.1) is 4.90 Å². The largest absolute Gasteiger partial charge is 0.744 e. The molecule has 130 valence electrons. The van der Waals surface area contributed by atoms with Gasteiger partial charge >= 0.3 is 21.2 Å². The van der Waals surface area contributed by atoms with Gasteiger partial charge in [-0.15, -0.1) is 0 Å². The van der Waals surface area contributed by atoms with E-state index in [2.05, 4.69) is 61.5 Å². The van der Waals surface area contributed by atoms with E-state index in [-0.39, 0.29) is 26.1 Å². The average Bonchev–Trinajstić information content (AvgIpc) is 2.56. The maximum Gasteiger partial charge on any atom is 0.357 e. The standard InChI is InChI=1S/C13H12I.C7H8O3S/c1-11-6-5-9-13(10-11)14-12-7-3-2-4-8-12;1-6-2-4-7(5-3-6)11(8,9)10/h2-10H,1H3;2-5H,1H3,(H,8,9,10)/q+1;/p-1. The van der Waals surface area contributed by atoms with Crippen LogP contribution in [0.25, 0.3) is 0 Å². The van der Waals surface area contributed by atoms with Crippen molar-refractivity contribution >= 4 is 10.1 Å². The summed E-state index contributed by atoms with van der Waals surface area (Å²) in [4.78, 5) is -0.178. The van der Waals surface area contributed by atoms with Crippen molar-refractivity contribution in [2.24, 2.45) is 0 Å². The van der Waals surface area contributed by atoms with Crippen molar-refractivity contribution in [3.8, 4) is 0 Å². The maximum atomic E-state index is 10.4. The van der Waals surface area contributed by atoms with Gasteiger partial charge < -0.3 is 4.55 Å². The van der Waals surface area contributed by atoms with E-state index in [4.69, 9.17) is 0 Å². The summed E-state index contributed by atoms with van der Waals surface area (Å²) in [7, 11) is -4.27. The van der Waals surface area contributed by atoms with E-state index in [0.29, 0.717) is 0 Å². The first-order valence-electron chi connectivity index (χ1n) is 7.64. The second kappa shape index (κ2) is 9.12. The minimum atomic E-state index is -4.27. The molecule has 0 saturated carbocycles. The second-order valence-electron chi connectivity index (χ2n) is 5.46. The van der Waals surface area contributed by atoms with E-state index in [1.807, 2.05) is 6.92 Å². The summed E-state index contributed by atoms with van der Waals surface area (Å²) in [5.41, 5.74) is 2.29. The first kappa shape index (κ1) is 19.6. The Labute approximate surface area is 159 Å². The van der Waals surface area contributed by atoms with Crippen LogP contribution >= 0.6 is 0 Å². The number of halogens is 1. The van der Waals surface area contributed by atoms with Gasteiger partial charge in [0.2, 0.25) is 0 Å². The van der Waals surface area contributed by atoms with Gasteiger partial charge in [-0.3, -0.25) is 0 Å². The molecule has 0 aromatic heterocycles. The van der Waals surface area contributed by atoms with Crippen molar-refractivity contribution in [3.63, 3.8) is 0 Å². The van der Waals surface area contributed by atoms with Crippen LogP contribution in [0.15, 0.2) is 83.8 Å². The quantitative estimate of drug-likeness (QED) is 0.428. The highest BCUT2D eigenvalue weighted by molar-refractivity contribution is 7.85. The van der Waals surface area contributed by atoms with E-state index in [1.165, 1.54) is 24.8 Å². The van der Waals surface area contributed by atoms with Crippen LogP contribution in [0.3, 0.4) is 0 Å². The molecular formula is C20H19IO3S. The third-order valence-electron chi connectivity index (χ3n) is 3.24. The van der Waals surface area contributed by atoms with E-state index < -0.39 is 10.1 Å². The highest BCUT2D eigenvalue weighted by atomic mass is 127. The van der Waals surface area contributed by atoms with Gasteiger partial charge in [-0.25, -0.2) is 8.42 Å². The van der Waals surface area contributed by atoms with Crippen molar-refractivity contribution < 1.29 is 34.2 Å². The molecule has 5 heteroatoms. The van der Waals surface area contributed by atoms with E-state index in [9.17, 15) is 13.0 Å². The van der Waals surface area contributed by atoms with Crippen molar-refractivity contribution in [2.75, 3.05) is 0 Å². The van der Waals surface area contributed by atoms with Crippen LogP contribution in [0.1, 0.15) is 11.1 Å². The molecule has 3 aromatic rings. The van der Waals surface area contributed by atoms with Crippen LogP contribution in [0.5, 0.6) is 0 Å². The Balaban J connectivity index is 0.000000186. The van der Waals surface area contributed by atoms with Crippen molar-refractivity contribution in [3.05, 3.63) is 97.1 Å². The Kier molecular flexibility index (Phi) is 7.16. The normalized spacial score (nSPS) is 10.7. The van der Waals surface area contributed by atoms with Crippen LogP contribution in [0.4, 0.5) is 0 Å². The SMILES string of the molecule is Cc1ccc(S(=O)(=O)[O-])cc1.Cc1cccc([I+]c2ccccc2)c1. The molecule has 0 N–H and O–H groups in total. The minimum Gasteiger partial charge on any atom is -0.744 e. The monoisotopic (exact) mass is 466 g/mol. The second-order valence-corrected chi connectivity index (χ2v) is 9.87. The number of rotatable bonds is 3. The van der Waals surface area contributed by atoms with Gasteiger partial charge in [-0.2, -0.15) is 0 Å². The van der Waals surface area contributed by atoms with E-state index in [0.717, 1.165) is 5.56 Å². The zero-order valence-corrected chi connectivity index (χ0v) is 17.0. The molecule has 0 heterocycles. The van der Waals surface area contributed by atoms with Crippen LogP contribution in [-0.2, 0) is 10.1 Å². The molecule has 0 aliphatic rings. The number of hydrogen-bond acceptors (Lipinski definition) is 3. The fourth-order valence-corrected chi connectivity index (χ4v) is 4.97. The topological polar surface area (TPSA) is 57.2 Å². The summed E-state index contributed by atoms with van der Waals surface area (Å²) < 4.78 is 34.1. The summed E-state index contributed by atoms with van der Waals surface area (Å²) >= 11 is 0.0119. The van der Waals surface area contributed by atoms with Crippen LogP contribution in [0, 0.1) is 21.0 Å². The van der Waals surface area contributed by atoms with Crippen LogP contribution in [0.2, 0.25) is 0 Å². The highest BCUT2D eigenvalue weighted by Crippen LogP contribution is 2.08. The average molecular weight is 466 g/mol. The molecule has 0 spiro atoms. The molecule has 0 atom stereocenters. The van der Waals surface area contributed by atoms with Crippen LogP contribution in [-0.4, -0.2) is 13.0 Å². The molecule has 0 saturated heterocycles. The maximum absolute atomic E-state index is 10.4. The van der Waals surface area contributed by atoms with Gasteiger partial charge in [-0.1, -0.05) is 48.0 Å². The van der Waals surface area contributed by atoms with Gasteiger partial charge in [0, 0.05) is 0 Å². The molecule has 0 aliphatic heterocycles. The molecule has 0 bridgehead atoms. The minimum absolute atomic E-state index is 0.0119. The fraction of sp³-hybridized carbons (Fsp3) is 0.100. The van der Waals surface area contributed by atoms with Gasteiger partial charge in [0.1, 0.15) is 10.1 Å². The molecule has 3 nitrogen and oxygen atoms in total. The smallest absolute Gasteiger partial charge is 0.357 e. The number of benzene rings is 3. The third kappa shape index (κ3) is 6.97. The summed E-state index contributed by atoms with van der Waals surface area (Å²) in [6, 6.07) is 25.3. The fourth-order valence-electron chi connectivity index (χ4n) is 1.97. The molecule has 3 aromatic carbocycles. The summed E-state index contributed by atoms with van der Waals surface area (Å²) in [5.74, 6) is 0. The Morgan fingerprint density at radius 3 is 1.88 bits per heavy atom. The van der Waals surface area contributed by atoms with Crippen LogP contribution < -0.4 is 21.2 Å². The Bertz CT molecular complexity index is 905. The lowest BCUT2D eigenvalue weighted by atomic mass is 10.2. The number of hydrogen-bond donors (Lipinski definition) is 0. The summed E-state index contributed by atoms with van der Waals surface area (Å²) in [5, 5.41) is 0. The lowest BCUT2D eigenvalue weighted by Crippen LogP contribution is -3.61. The van der Waals surface area contributed by atoms with Crippen molar-refractivity contribution in [1.82, 2.24) is 0 Å². The first-order chi connectivity index (χ1) is 11.8. The van der Waals surface area contributed by atoms with E-state index in [1.54, 1.807) is 12.1 Å². The molecule has 0 fully saturated rings. The molecule has 3 rings (SSSR count). The van der Waals surface area contributed by atoms with Crippen molar-refractivity contribution in [2.45, 2.75) is 18.7 Å². The Morgan fingerprint density at radius 1 is 0.720 bits per heavy atom. The lowest BCUT2D eigenvalue weighted by Gasteiger charge is -2.05. The first-order valence-corrected chi connectivity index (χ1v) is 11.2. The van der Waals surface area contributed by atoms with Crippen molar-refractivity contribution in [1.29, 1.82) is 0 Å². The summed E-state index contributed by atoms with van der Waals surface area (Å²) in [6.07, 6.45) is 0. The van der Waals surface area contributed by atoms with Gasteiger partial charge in [-0.05, 0) is 55.8 Å². The van der Waals surface area contributed by atoms with Gasteiger partial charge in [0.15, 0.2) is 7.14 Å². The molecule has 0 unspecified atom stereocenters. The molecule has 0 amide bonds. The zero-order valence-electron chi connectivity index (χ0n) is 14.0.